The van der Waals surface area contributed by atoms with Gasteiger partial charge in [0.15, 0.2) is 5.82 Å². The van der Waals surface area contributed by atoms with E-state index in [0.29, 0.717) is 37.8 Å². The van der Waals surface area contributed by atoms with E-state index in [-0.39, 0.29) is 11.8 Å². The van der Waals surface area contributed by atoms with E-state index in [1.807, 2.05) is 18.4 Å². The smallest absolute Gasteiger partial charge is 0.287 e. The summed E-state index contributed by atoms with van der Waals surface area (Å²) in [6.07, 6.45) is 2.82. The fraction of sp³-hybridized carbons (Fsp3) is 0.688. The predicted octanol–water partition coefficient (Wildman–Crippen LogP) is 1.08. The highest BCUT2D eigenvalue weighted by Crippen LogP contribution is 2.22. The molecule has 2 amide bonds. The number of rotatable bonds is 7. The van der Waals surface area contributed by atoms with Gasteiger partial charge in [0.2, 0.25) is 0 Å². The summed E-state index contributed by atoms with van der Waals surface area (Å²) in [6.45, 7) is 6.78. The number of aromatic nitrogens is 2. The number of amides is 2. The molecule has 23 heavy (non-hydrogen) atoms. The maximum Gasteiger partial charge on any atom is 0.287 e. The minimum absolute atomic E-state index is 0.0865. The van der Waals surface area contributed by atoms with Crippen LogP contribution in [0.1, 0.15) is 53.5 Å². The lowest BCUT2D eigenvalue weighted by atomic mass is 10.1. The molecule has 0 saturated carbocycles. The first-order valence-electron chi connectivity index (χ1n) is 8.29. The summed E-state index contributed by atoms with van der Waals surface area (Å²) in [7, 11) is 1.59. The lowest BCUT2D eigenvalue weighted by Gasteiger charge is -2.20. The molecule has 0 radical (unpaired) electrons. The Morgan fingerprint density at radius 3 is 2.70 bits per heavy atom. The van der Waals surface area contributed by atoms with Crippen LogP contribution in [0.5, 0.6) is 0 Å². The molecule has 1 aliphatic rings. The fourth-order valence-corrected chi connectivity index (χ4v) is 2.89. The van der Waals surface area contributed by atoms with E-state index in [0.717, 1.165) is 31.5 Å². The average Bonchev–Trinajstić information content (AvgIpc) is 2.95. The van der Waals surface area contributed by atoms with E-state index < -0.39 is 0 Å². The van der Waals surface area contributed by atoms with Gasteiger partial charge in [-0.1, -0.05) is 0 Å². The molecule has 0 fully saturated rings. The zero-order chi connectivity index (χ0) is 16.8. The Labute approximate surface area is 137 Å². The van der Waals surface area contributed by atoms with Gasteiger partial charge >= 0.3 is 0 Å². The van der Waals surface area contributed by atoms with Crippen molar-refractivity contribution >= 4 is 11.8 Å². The van der Waals surface area contributed by atoms with Gasteiger partial charge in [0.25, 0.3) is 11.8 Å². The molecule has 0 atom stereocenters. The van der Waals surface area contributed by atoms with Crippen molar-refractivity contribution in [3.63, 3.8) is 0 Å². The summed E-state index contributed by atoms with van der Waals surface area (Å²) < 4.78 is 6.85. The van der Waals surface area contributed by atoms with Crippen molar-refractivity contribution in [1.29, 1.82) is 0 Å². The molecule has 1 N–H and O–H groups in total. The SMILES string of the molecule is CCN(CC)C(=O)c1nc(C(=O)NCCOC)n2c1CCCC2. The van der Waals surface area contributed by atoms with Gasteiger partial charge in [-0.25, -0.2) is 4.98 Å². The predicted molar refractivity (Wildman–Crippen MR) is 86.6 cm³/mol. The maximum atomic E-state index is 12.7. The number of methoxy groups -OCH3 is 1. The molecule has 128 valence electrons. The summed E-state index contributed by atoms with van der Waals surface area (Å²) in [5, 5.41) is 2.79. The molecule has 7 heteroatoms. The van der Waals surface area contributed by atoms with Crippen molar-refractivity contribution in [1.82, 2.24) is 19.8 Å². The quantitative estimate of drug-likeness (QED) is 0.762. The van der Waals surface area contributed by atoms with Gasteiger partial charge < -0.3 is 19.5 Å². The third kappa shape index (κ3) is 3.72. The highest BCUT2D eigenvalue weighted by atomic mass is 16.5. The van der Waals surface area contributed by atoms with Crippen molar-refractivity contribution in [2.24, 2.45) is 0 Å². The Balaban J connectivity index is 2.30. The van der Waals surface area contributed by atoms with Crippen LogP contribution in [0.4, 0.5) is 0 Å². The highest BCUT2D eigenvalue weighted by Gasteiger charge is 2.28. The van der Waals surface area contributed by atoms with E-state index in [9.17, 15) is 9.59 Å². The van der Waals surface area contributed by atoms with E-state index in [4.69, 9.17) is 4.74 Å². The zero-order valence-corrected chi connectivity index (χ0v) is 14.2. The first-order valence-corrected chi connectivity index (χ1v) is 8.29. The second-order valence-electron chi connectivity index (χ2n) is 5.57. The second-order valence-corrected chi connectivity index (χ2v) is 5.57. The molecule has 0 unspecified atom stereocenters. The molecule has 0 bridgehead atoms. The number of imidazole rings is 1. The van der Waals surface area contributed by atoms with Gasteiger partial charge in [0, 0.05) is 33.3 Å². The summed E-state index contributed by atoms with van der Waals surface area (Å²) >= 11 is 0. The van der Waals surface area contributed by atoms with E-state index in [1.165, 1.54) is 0 Å². The summed E-state index contributed by atoms with van der Waals surface area (Å²) in [5.74, 6) is 0.00620. The van der Waals surface area contributed by atoms with Crippen LogP contribution < -0.4 is 5.32 Å². The van der Waals surface area contributed by atoms with Crippen molar-refractivity contribution < 1.29 is 14.3 Å². The standard InChI is InChI=1S/C16H26N4O3/c1-4-19(5-2)16(22)13-12-8-6-7-10-20(12)14(18-13)15(21)17-9-11-23-3/h4-11H2,1-3H3,(H,17,21). The summed E-state index contributed by atoms with van der Waals surface area (Å²) in [4.78, 5) is 31.2. The molecular formula is C16H26N4O3. The minimum atomic E-state index is -0.246. The van der Waals surface area contributed by atoms with Crippen LogP contribution in [0.25, 0.3) is 0 Å². The highest BCUT2D eigenvalue weighted by molar-refractivity contribution is 5.97. The van der Waals surface area contributed by atoms with E-state index in [2.05, 4.69) is 10.3 Å². The van der Waals surface area contributed by atoms with Crippen LogP contribution in [0.2, 0.25) is 0 Å². The Hall–Kier alpha value is -1.89. The molecule has 1 aromatic heterocycles. The van der Waals surface area contributed by atoms with Crippen LogP contribution in [0.3, 0.4) is 0 Å². The van der Waals surface area contributed by atoms with E-state index in [1.54, 1.807) is 12.0 Å². The number of carbonyl (C=O) groups excluding carboxylic acids is 2. The fourth-order valence-electron chi connectivity index (χ4n) is 2.89. The number of hydrogen-bond donors (Lipinski definition) is 1. The third-order valence-corrected chi connectivity index (χ3v) is 4.17. The first-order chi connectivity index (χ1) is 11.1. The topological polar surface area (TPSA) is 76.5 Å². The Kier molecular flexibility index (Phi) is 6.15. The summed E-state index contributed by atoms with van der Waals surface area (Å²) in [5.41, 5.74) is 1.33. The van der Waals surface area contributed by atoms with E-state index >= 15 is 0 Å². The van der Waals surface area contributed by atoms with Crippen LogP contribution in [0, 0.1) is 0 Å². The van der Waals surface area contributed by atoms with Crippen LogP contribution in [-0.4, -0.2) is 59.6 Å². The molecule has 2 rings (SSSR count). The number of hydrogen-bond acceptors (Lipinski definition) is 4. The van der Waals surface area contributed by atoms with Gasteiger partial charge in [-0.05, 0) is 33.1 Å². The third-order valence-electron chi connectivity index (χ3n) is 4.17. The van der Waals surface area contributed by atoms with Gasteiger partial charge in [0.05, 0.1) is 12.3 Å². The van der Waals surface area contributed by atoms with Gasteiger partial charge in [-0.15, -0.1) is 0 Å². The van der Waals surface area contributed by atoms with Crippen molar-refractivity contribution in [2.75, 3.05) is 33.4 Å². The Morgan fingerprint density at radius 1 is 1.30 bits per heavy atom. The number of ether oxygens (including phenoxy) is 1. The maximum absolute atomic E-state index is 12.7. The molecule has 1 aromatic rings. The van der Waals surface area contributed by atoms with Gasteiger partial charge in [-0.3, -0.25) is 9.59 Å². The molecule has 7 nitrogen and oxygen atoms in total. The second kappa shape index (κ2) is 8.10. The normalized spacial score (nSPS) is 13.5. The monoisotopic (exact) mass is 322 g/mol. The van der Waals surface area contributed by atoms with Gasteiger partial charge in [-0.2, -0.15) is 0 Å². The van der Waals surface area contributed by atoms with Gasteiger partial charge in [0.1, 0.15) is 5.69 Å². The van der Waals surface area contributed by atoms with Crippen LogP contribution in [-0.2, 0) is 17.7 Å². The van der Waals surface area contributed by atoms with Crippen LogP contribution in [0.15, 0.2) is 0 Å². The first kappa shape index (κ1) is 17.5. The van der Waals surface area contributed by atoms with Crippen molar-refractivity contribution in [3.8, 4) is 0 Å². The molecular weight excluding hydrogens is 296 g/mol. The molecule has 0 aromatic carbocycles. The Bertz CT molecular complexity index is 564. The molecule has 0 saturated heterocycles. The number of nitrogens with one attached hydrogen (secondary N) is 1. The molecule has 0 aliphatic carbocycles. The lowest BCUT2D eigenvalue weighted by molar-refractivity contribution is 0.0766. The zero-order valence-electron chi connectivity index (χ0n) is 14.2. The number of nitrogens with zero attached hydrogens (tertiary/aromatic N) is 3. The minimum Gasteiger partial charge on any atom is -0.383 e. The summed E-state index contributed by atoms with van der Waals surface area (Å²) in [6, 6.07) is 0. The van der Waals surface area contributed by atoms with Crippen molar-refractivity contribution in [3.05, 3.63) is 17.2 Å². The number of carbonyl (C=O) groups is 2. The number of fused-ring (bicyclic) bond motifs is 1. The Morgan fingerprint density at radius 2 is 2.04 bits per heavy atom. The molecule has 1 aliphatic heterocycles. The molecule has 0 spiro atoms. The largest absolute Gasteiger partial charge is 0.383 e. The average molecular weight is 322 g/mol. The lowest BCUT2D eigenvalue weighted by Crippen LogP contribution is -2.31. The van der Waals surface area contributed by atoms with Crippen molar-refractivity contribution in [2.45, 2.75) is 39.7 Å². The van der Waals surface area contributed by atoms with Crippen LogP contribution >= 0.6 is 0 Å². The molecule has 2 heterocycles.